The second-order valence-corrected chi connectivity index (χ2v) is 6.44. The molecule has 3 aromatic rings. The predicted molar refractivity (Wildman–Crippen MR) is 96.9 cm³/mol. The molecule has 1 aliphatic rings. The monoisotopic (exact) mass is 349 g/mol. The maximum atomic E-state index is 11.7. The predicted octanol–water partition coefficient (Wildman–Crippen LogP) is 2.91. The Morgan fingerprint density at radius 3 is 2.68 bits per heavy atom. The molecule has 2 aromatic heterocycles. The molecule has 0 atom stereocenters. The van der Waals surface area contributed by atoms with Crippen LogP contribution < -0.4 is 10.9 Å². The minimum Gasteiger partial charge on any atom is -0.329 e. The number of carbonyl (C=O) groups excluding carboxylic acids is 2. The molecule has 7 heteroatoms. The number of aromatic amines is 1. The van der Waals surface area contributed by atoms with Crippen molar-refractivity contribution in [2.24, 2.45) is 0 Å². The average Bonchev–Trinajstić information content (AvgIpc) is 2.91. The summed E-state index contributed by atoms with van der Waals surface area (Å²) < 4.78 is 0. The van der Waals surface area contributed by atoms with E-state index in [1.165, 1.54) is 6.07 Å². The van der Waals surface area contributed by atoms with E-state index < -0.39 is 5.91 Å². The molecular weight excluding hydrogens is 338 g/mol. The number of carbonyl (C=O) groups is 2. The second kappa shape index (κ2) is 6.03. The molecule has 25 heavy (non-hydrogen) atoms. The van der Waals surface area contributed by atoms with E-state index in [0.717, 1.165) is 39.4 Å². The van der Waals surface area contributed by atoms with Crippen LogP contribution in [-0.2, 0) is 4.79 Å². The highest BCUT2D eigenvalue weighted by Gasteiger charge is 2.24. The van der Waals surface area contributed by atoms with Crippen LogP contribution in [0.4, 0.5) is 4.79 Å². The number of nitrogens with one attached hydrogen (secondary N) is 2. The van der Waals surface area contributed by atoms with Crippen molar-refractivity contribution in [2.45, 2.75) is 0 Å². The molecule has 0 saturated carbocycles. The zero-order valence-electron chi connectivity index (χ0n) is 12.8. The van der Waals surface area contributed by atoms with Crippen LogP contribution >= 0.6 is 11.8 Å². The second-order valence-electron chi connectivity index (χ2n) is 5.43. The third-order valence-electron chi connectivity index (χ3n) is 3.79. The van der Waals surface area contributed by atoms with Gasteiger partial charge in [-0.15, -0.1) is 0 Å². The van der Waals surface area contributed by atoms with Crippen molar-refractivity contribution < 1.29 is 9.59 Å². The van der Waals surface area contributed by atoms with E-state index in [1.54, 1.807) is 18.5 Å². The number of hydrogen-bond donors (Lipinski definition) is 2. The van der Waals surface area contributed by atoms with Gasteiger partial charge in [-0.1, -0.05) is 6.07 Å². The van der Waals surface area contributed by atoms with Crippen LogP contribution in [0.2, 0.25) is 0 Å². The standard InChI is InChI=1S/C18H11N3O3S/c22-16-9-11(3-5-20-16)12-4-6-19-14-2-1-10(7-13(12)14)8-15-17(23)21-18(24)25-15/h1-9H,(H,20,22)(H,21,23,24)/b15-8-. The van der Waals surface area contributed by atoms with E-state index in [1.807, 2.05) is 30.3 Å². The number of benzene rings is 1. The lowest BCUT2D eigenvalue weighted by Gasteiger charge is -2.07. The van der Waals surface area contributed by atoms with Crippen LogP contribution in [0, 0.1) is 0 Å². The Balaban J connectivity index is 1.86. The van der Waals surface area contributed by atoms with Gasteiger partial charge in [0.05, 0.1) is 10.4 Å². The highest BCUT2D eigenvalue weighted by molar-refractivity contribution is 8.18. The Morgan fingerprint density at radius 2 is 1.92 bits per heavy atom. The average molecular weight is 349 g/mol. The Morgan fingerprint density at radius 1 is 1.04 bits per heavy atom. The van der Waals surface area contributed by atoms with Crippen LogP contribution in [0.25, 0.3) is 28.1 Å². The van der Waals surface area contributed by atoms with Crippen molar-refractivity contribution in [3.05, 3.63) is 69.6 Å². The number of hydrogen-bond acceptors (Lipinski definition) is 5. The molecular formula is C18H11N3O3S. The zero-order chi connectivity index (χ0) is 17.4. The van der Waals surface area contributed by atoms with Gasteiger partial charge in [0.2, 0.25) is 5.56 Å². The maximum absolute atomic E-state index is 11.7. The van der Waals surface area contributed by atoms with Gasteiger partial charge in [0.25, 0.3) is 11.1 Å². The molecule has 0 bridgehead atoms. The number of aromatic nitrogens is 2. The normalized spacial score (nSPS) is 15.8. The van der Waals surface area contributed by atoms with E-state index >= 15 is 0 Å². The van der Waals surface area contributed by atoms with Crippen molar-refractivity contribution in [2.75, 3.05) is 0 Å². The van der Waals surface area contributed by atoms with Crippen LogP contribution in [0.1, 0.15) is 5.56 Å². The van der Waals surface area contributed by atoms with Gasteiger partial charge in [0.1, 0.15) is 0 Å². The summed E-state index contributed by atoms with van der Waals surface area (Å²) in [5, 5.41) is 2.72. The first-order valence-electron chi connectivity index (χ1n) is 7.43. The topological polar surface area (TPSA) is 91.9 Å². The molecule has 0 spiro atoms. The fraction of sp³-hybridized carbons (Fsp3) is 0. The van der Waals surface area contributed by atoms with Gasteiger partial charge < -0.3 is 4.98 Å². The van der Waals surface area contributed by atoms with Crippen molar-refractivity contribution in [3.8, 4) is 11.1 Å². The number of thioether (sulfide) groups is 1. The smallest absolute Gasteiger partial charge is 0.290 e. The zero-order valence-corrected chi connectivity index (χ0v) is 13.6. The first kappa shape index (κ1) is 15.3. The molecule has 122 valence electrons. The van der Waals surface area contributed by atoms with E-state index in [2.05, 4.69) is 15.3 Å². The third kappa shape index (κ3) is 2.97. The molecule has 3 heterocycles. The number of imide groups is 1. The molecule has 6 nitrogen and oxygen atoms in total. The molecule has 1 aliphatic heterocycles. The number of pyridine rings is 2. The van der Waals surface area contributed by atoms with Crippen LogP contribution in [0.15, 0.2) is 58.5 Å². The summed E-state index contributed by atoms with van der Waals surface area (Å²) in [5.74, 6) is -0.392. The minimum atomic E-state index is -0.392. The maximum Gasteiger partial charge on any atom is 0.290 e. The van der Waals surface area contributed by atoms with Gasteiger partial charge in [-0.25, -0.2) is 0 Å². The van der Waals surface area contributed by atoms with Gasteiger partial charge in [0.15, 0.2) is 0 Å². The first-order chi connectivity index (χ1) is 12.1. The Bertz CT molecular complexity index is 1120. The van der Waals surface area contributed by atoms with Crippen LogP contribution in [-0.4, -0.2) is 21.1 Å². The number of nitrogens with zero attached hydrogens (tertiary/aromatic N) is 1. The van der Waals surface area contributed by atoms with Crippen molar-refractivity contribution in [3.63, 3.8) is 0 Å². The van der Waals surface area contributed by atoms with Crippen LogP contribution in [0.5, 0.6) is 0 Å². The van der Waals surface area contributed by atoms with Crippen molar-refractivity contribution >= 4 is 39.9 Å². The lowest BCUT2D eigenvalue weighted by molar-refractivity contribution is -0.115. The summed E-state index contributed by atoms with van der Waals surface area (Å²) in [5.41, 5.74) is 3.02. The molecule has 1 fully saturated rings. The molecule has 4 rings (SSSR count). The highest BCUT2D eigenvalue weighted by Crippen LogP contribution is 2.30. The summed E-state index contributed by atoms with van der Waals surface area (Å²) in [6.45, 7) is 0. The van der Waals surface area contributed by atoms with Gasteiger partial charge in [0, 0.05) is 23.8 Å². The van der Waals surface area contributed by atoms with E-state index in [4.69, 9.17) is 0 Å². The first-order valence-corrected chi connectivity index (χ1v) is 8.24. The quantitative estimate of drug-likeness (QED) is 0.694. The van der Waals surface area contributed by atoms with Gasteiger partial charge >= 0.3 is 0 Å². The van der Waals surface area contributed by atoms with Gasteiger partial charge in [-0.2, -0.15) is 0 Å². The molecule has 0 radical (unpaired) electrons. The SMILES string of the molecule is O=C1NC(=O)/C(=C/c2ccc3nccc(-c4cc[nH]c(=O)c4)c3c2)S1. The number of fused-ring (bicyclic) bond motifs is 1. The molecule has 0 unspecified atom stereocenters. The Hall–Kier alpha value is -3.19. The fourth-order valence-corrected chi connectivity index (χ4v) is 3.37. The van der Waals surface area contributed by atoms with E-state index in [-0.39, 0.29) is 10.8 Å². The Labute approximate surface area is 146 Å². The lowest BCUT2D eigenvalue weighted by atomic mass is 10.0. The largest absolute Gasteiger partial charge is 0.329 e. The molecule has 2 N–H and O–H groups in total. The summed E-state index contributed by atoms with van der Waals surface area (Å²) in [6, 6.07) is 10.8. The summed E-state index contributed by atoms with van der Waals surface area (Å²) in [4.78, 5) is 41.9. The summed E-state index contributed by atoms with van der Waals surface area (Å²) in [7, 11) is 0. The van der Waals surface area contributed by atoms with E-state index in [0.29, 0.717) is 4.91 Å². The van der Waals surface area contributed by atoms with Gasteiger partial charge in [-0.3, -0.25) is 24.7 Å². The molecule has 1 aromatic carbocycles. The number of amides is 2. The lowest BCUT2D eigenvalue weighted by Crippen LogP contribution is -2.17. The van der Waals surface area contributed by atoms with E-state index in [9.17, 15) is 14.4 Å². The highest BCUT2D eigenvalue weighted by atomic mass is 32.2. The molecule has 1 saturated heterocycles. The minimum absolute atomic E-state index is 0.182. The summed E-state index contributed by atoms with van der Waals surface area (Å²) in [6.07, 6.45) is 4.95. The molecule has 0 aliphatic carbocycles. The van der Waals surface area contributed by atoms with Crippen molar-refractivity contribution in [1.82, 2.24) is 15.3 Å². The fourth-order valence-electron chi connectivity index (χ4n) is 2.69. The number of H-pyrrole nitrogens is 1. The van der Waals surface area contributed by atoms with Gasteiger partial charge in [-0.05, 0) is 58.8 Å². The van der Waals surface area contributed by atoms with Crippen molar-refractivity contribution in [1.29, 1.82) is 0 Å². The Kier molecular flexibility index (Phi) is 3.70. The van der Waals surface area contributed by atoms with Crippen LogP contribution in [0.3, 0.4) is 0 Å². The number of rotatable bonds is 2. The molecule has 2 amide bonds. The summed E-state index contributed by atoms with van der Waals surface area (Å²) >= 11 is 0.877. The third-order valence-corrected chi connectivity index (χ3v) is 4.60.